The molecule has 2 unspecified atom stereocenters. The third-order valence-electron chi connectivity index (χ3n) is 4.18. The number of nitrogens with one attached hydrogen (secondary N) is 3. The lowest BCUT2D eigenvalue weighted by Gasteiger charge is -2.22. The van der Waals surface area contributed by atoms with E-state index in [4.69, 9.17) is 11.6 Å². The molecule has 3 amide bonds. The number of alkyl halides is 6. The first-order valence-electron chi connectivity index (χ1n) is 8.92. The third-order valence-corrected chi connectivity index (χ3v) is 4.47. The maximum atomic E-state index is 12.6. The van der Waals surface area contributed by atoms with Gasteiger partial charge in [0, 0.05) is 6.54 Å². The molecule has 1 aliphatic heterocycles. The summed E-state index contributed by atoms with van der Waals surface area (Å²) >= 11 is 5.88. The van der Waals surface area contributed by atoms with Crippen LogP contribution in [0.1, 0.15) is 17.3 Å². The number of aromatic nitrogens is 1. The summed E-state index contributed by atoms with van der Waals surface area (Å²) in [6.07, 6.45) is -9.20. The predicted molar refractivity (Wildman–Crippen MR) is 99.4 cm³/mol. The first-order valence-corrected chi connectivity index (χ1v) is 9.30. The summed E-state index contributed by atoms with van der Waals surface area (Å²) in [5, 5.41) is 6.81. The molecule has 2 aromatic rings. The molecule has 178 valence electrons. The van der Waals surface area contributed by atoms with E-state index in [1.807, 2.05) is 0 Å². The average molecular weight is 499 g/mol. The van der Waals surface area contributed by atoms with E-state index < -0.39 is 53.3 Å². The summed E-state index contributed by atoms with van der Waals surface area (Å²) in [5.41, 5.74) is 0.146. The number of carbonyl (C=O) groups is 2. The maximum absolute atomic E-state index is 12.6. The molecule has 8 nitrogen and oxygen atoms in total. The standard InChI is InChI=1S/C18H13ClF6N4O4/c19-10-5-8(1-4-13(10)33-18(23,24)25)14(29-15(30)12-7-27-16(31)28-12)11-3-2-9(6-26-11)32-17(20,21)22/h1-6,12,14H,7H2,(H,29,30)(H2,27,28,31). The van der Waals surface area contributed by atoms with Crippen molar-refractivity contribution in [2.24, 2.45) is 0 Å². The molecule has 0 aliphatic carbocycles. The number of ether oxygens (including phenoxy) is 2. The molecule has 3 N–H and O–H groups in total. The quantitative estimate of drug-likeness (QED) is 0.530. The first kappa shape index (κ1) is 24.2. The average Bonchev–Trinajstić information content (AvgIpc) is 3.13. The SMILES string of the molecule is O=C1NCC(C(=O)NC(c2ccc(OC(F)(F)F)c(Cl)c2)c2ccc(OC(F)(F)F)cn2)N1. The van der Waals surface area contributed by atoms with Crippen molar-refractivity contribution in [1.82, 2.24) is 20.9 Å². The van der Waals surface area contributed by atoms with E-state index in [9.17, 15) is 35.9 Å². The van der Waals surface area contributed by atoms with Gasteiger partial charge in [-0.3, -0.25) is 9.78 Å². The lowest BCUT2D eigenvalue weighted by Crippen LogP contribution is -2.44. The number of carbonyl (C=O) groups excluding carboxylic acids is 2. The summed E-state index contributed by atoms with van der Waals surface area (Å²) in [6.45, 7) is -0.0394. The van der Waals surface area contributed by atoms with Gasteiger partial charge in [-0.1, -0.05) is 17.7 Å². The van der Waals surface area contributed by atoms with Crippen LogP contribution in [0.4, 0.5) is 31.1 Å². The highest BCUT2D eigenvalue weighted by Gasteiger charge is 2.34. The van der Waals surface area contributed by atoms with Gasteiger partial charge in [-0.05, 0) is 29.8 Å². The summed E-state index contributed by atoms with van der Waals surface area (Å²) in [5.74, 6) is -2.02. The van der Waals surface area contributed by atoms with E-state index >= 15 is 0 Å². The molecular weight excluding hydrogens is 486 g/mol. The van der Waals surface area contributed by atoms with Gasteiger partial charge in [0.1, 0.15) is 17.5 Å². The van der Waals surface area contributed by atoms with E-state index in [0.717, 1.165) is 36.5 Å². The molecule has 33 heavy (non-hydrogen) atoms. The van der Waals surface area contributed by atoms with Crippen LogP contribution in [0.25, 0.3) is 0 Å². The Hall–Kier alpha value is -3.42. The Labute approximate surface area is 186 Å². The Bertz CT molecular complexity index is 1030. The fourth-order valence-corrected chi connectivity index (χ4v) is 3.07. The van der Waals surface area contributed by atoms with Gasteiger partial charge in [-0.15, -0.1) is 26.3 Å². The smallest absolute Gasteiger partial charge is 0.404 e. The minimum absolute atomic E-state index is 0.00992. The van der Waals surface area contributed by atoms with Crippen LogP contribution in [0, 0.1) is 0 Å². The number of amides is 3. The van der Waals surface area contributed by atoms with E-state index in [0.29, 0.717) is 0 Å². The molecule has 1 aromatic heterocycles. The lowest BCUT2D eigenvalue weighted by molar-refractivity contribution is -0.275. The number of hydrogen-bond acceptors (Lipinski definition) is 5. The highest BCUT2D eigenvalue weighted by Crippen LogP contribution is 2.34. The van der Waals surface area contributed by atoms with Gasteiger partial charge in [-0.25, -0.2) is 4.79 Å². The Morgan fingerprint density at radius 3 is 2.33 bits per heavy atom. The number of rotatable bonds is 6. The summed E-state index contributed by atoms with van der Waals surface area (Å²) in [6, 6.07) is 2.47. The van der Waals surface area contributed by atoms with Crippen molar-refractivity contribution in [3.63, 3.8) is 0 Å². The molecule has 1 fully saturated rings. The van der Waals surface area contributed by atoms with Gasteiger partial charge in [0.25, 0.3) is 0 Å². The van der Waals surface area contributed by atoms with Crippen LogP contribution in [0.3, 0.4) is 0 Å². The molecule has 0 radical (unpaired) electrons. The minimum atomic E-state index is -5.00. The Balaban J connectivity index is 1.91. The molecule has 2 atom stereocenters. The fraction of sp³-hybridized carbons (Fsp3) is 0.278. The molecule has 0 saturated carbocycles. The van der Waals surface area contributed by atoms with E-state index in [1.165, 1.54) is 0 Å². The molecule has 15 heteroatoms. The van der Waals surface area contributed by atoms with Gasteiger partial charge < -0.3 is 25.4 Å². The van der Waals surface area contributed by atoms with Crippen molar-refractivity contribution in [2.75, 3.05) is 6.54 Å². The monoisotopic (exact) mass is 498 g/mol. The van der Waals surface area contributed by atoms with Crippen LogP contribution < -0.4 is 25.4 Å². The molecule has 1 aromatic carbocycles. The number of hydrogen-bond donors (Lipinski definition) is 3. The summed E-state index contributed by atoms with van der Waals surface area (Å²) < 4.78 is 82.2. The third kappa shape index (κ3) is 6.78. The number of nitrogens with zero attached hydrogens (tertiary/aromatic N) is 1. The van der Waals surface area contributed by atoms with Gasteiger partial charge in [0.2, 0.25) is 5.91 Å². The Morgan fingerprint density at radius 2 is 1.82 bits per heavy atom. The maximum Gasteiger partial charge on any atom is 0.573 e. The second-order valence-corrected chi connectivity index (χ2v) is 6.96. The zero-order valence-corrected chi connectivity index (χ0v) is 16.8. The van der Waals surface area contributed by atoms with Crippen molar-refractivity contribution < 1.29 is 45.4 Å². The predicted octanol–water partition coefficient (Wildman–Crippen LogP) is 3.42. The summed E-state index contributed by atoms with van der Waals surface area (Å²) in [4.78, 5) is 27.7. The van der Waals surface area contributed by atoms with Crippen LogP contribution in [-0.4, -0.2) is 42.2 Å². The van der Waals surface area contributed by atoms with Crippen LogP contribution in [0.5, 0.6) is 11.5 Å². The van der Waals surface area contributed by atoms with Crippen LogP contribution in [0.2, 0.25) is 5.02 Å². The second-order valence-electron chi connectivity index (χ2n) is 6.55. The minimum Gasteiger partial charge on any atom is -0.404 e. The van der Waals surface area contributed by atoms with Crippen LogP contribution in [-0.2, 0) is 4.79 Å². The summed E-state index contributed by atoms with van der Waals surface area (Å²) in [7, 11) is 0. The van der Waals surface area contributed by atoms with Crippen LogP contribution >= 0.6 is 11.6 Å². The number of benzene rings is 1. The van der Waals surface area contributed by atoms with Gasteiger partial charge in [0.05, 0.1) is 23.0 Å². The highest BCUT2D eigenvalue weighted by molar-refractivity contribution is 6.32. The molecule has 1 aliphatic rings. The zero-order valence-electron chi connectivity index (χ0n) is 16.1. The Kier molecular flexibility index (Phi) is 6.76. The van der Waals surface area contributed by atoms with Crippen molar-refractivity contribution in [1.29, 1.82) is 0 Å². The Morgan fingerprint density at radius 1 is 1.12 bits per heavy atom. The molecule has 1 saturated heterocycles. The first-order chi connectivity index (χ1) is 15.3. The number of urea groups is 1. The lowest BCUT2D eigenvalue weighted by atomic mass is 10.0. The van der Waals surface area contributed by atoms with E-state index in [2.05, 4.69) is 30.4 Å². The van der Waals surface area contributed by atoms with Crippen molar-refractivity contribution in [2.45, 2.75) is 24.8 Å². The molecule has 2 heterocycles. The number of pyridine rings is 1. The molecule has 0 bridgehead atoms. The topological polar surface area (TPSA) is 102 Å². The van der Waals surface area contributed by atoms with Gasteiger partial charge >= 0.3 is 18.8 Å². The highest BCUT2D eigenvalue weighted by atomic mass is 35.5. The second kappa shape index (κ2) is 9.21. The van der Waals surface area contributed by atoms with Crippen LogP contribution in [0.15, 0.2) is 36.5 Å². The normalized spacial score (nSPS) is 17.1. The molecule has 3 rings (SSSR count). The zero-order chi connectivity index (χ0) is 24.4. The van der Waals surface area contributed by atoms with Gasteiger partial charge in [-0.2, -0.15) is 0 Å². The van der Waals surface area contributed by atoms with E-state index in [1.54, 1.807) is 0 Å². The van der Waals surface area contributed by atoms with Crippen molar-refractivity contribution >= 4 is 23.5 Å². The molecule has 0 spiro atoms. The van der Waals surface area contributed by atoms with Crippen molar-refractivity contribution in [3.8, 4) is 11.5 Å². The van der Waals surface area contributed by atoms with Crippen molar-refractivity contribution in [3.05, 3.63) is 52.8 Å². The largest absolute Gasteiger partial charge is 0.573 e. The molecular formula is C18H13ClF6N4O4. The number of halogens is 7. The fourth-order valence-electron chi connectivity index (χ4n) is 2.84. The van der Waals surface area contributed by atoms with E-state index in [-0.39, 0.29) is 17.8 Å². The van der Waals surface area contributed by atoms with Gasteiger partial charge in [0.15, 0.2) is 0 Å².